The molecule has 0 bridgehead atoms. The number of hydrogen-bond acceptors (Lipinski definition) is 5. The summed E-state index contributed by atoms with van der Waals surface area (Å²) in [6, 6.07) is 7.85. The average molecular weight is 312 g/mol. The third-order valence-corrected chi connectivity index (χ3v) is 3.76. The van der Waals surface area contributed by atoms with Crippen LogP contribution in [0, 0.1) is 12.3 Å². The van der Waals surface area contributed by atoms with Crippen molar-refractivity contribution >= 4 is 28.6 Å². The predicted octanol–water partition coefficient (Wildman–Crippen LogP) is 2.06. The summed E-state index contributed by atoms with van der Waals surface area (Å²) < 4.78 is 5.59. The molecule has 0 unspecified atom stereocenters. The van der Waals surface area contributed by atoms with Gasteiger partial charge in [-0.3, -0.25) is 4.79 Å². The van der Waals surface area contributed by atoms with Crippen molar-refractivity contribution in [3.63, 3.8) is 0 Å². The van der Waals surface area contributed by atoms with E-state index in [-0.39, 0.29) is 18.2 Å². The lowest BCUT2D eigenvalue weighted by atomic mass is 10.2. The van der Waals surface area contributed by atoms with Crippen molar-refractivity contribution in [1.29, 1.82) is 0 Å². The molecule has 3 rings (SSSR count). The van der Waals surface area contributed by atoms with E-state index in [0.29, 0.717) is 11.1 Å². The van der Waals surface area contributed by atoms with Crippen LogP contribution in [0.5, 0.6) is 0 Å². The summed E-state index contributed by atoms with van der Waals surface area (Å²) in [5.41, 5.74) is 1.84. The van der Waals surface area contributed by atoms with Crippen LogP contribution in [0.3, 0.4) is 0 Å². The number of thioether (sulfide) groups is 1. The fourth-order valence-electron chi connectivity index (χ4n) is 1.95. The van der Waals surface area contributed by atoms with Crippen molar-refractivity contribution in [3.8, 4) is 23.8 Å². The van der Waals surface area contributed by atoms with E-state index in [1.54, 1.807) is 0 Å². The molecule has 0 aliphatic rings. The second kappa shape index (κ2) is 6.37. The molecule has 0 saturated carbocycles. The number of aromatic nitrogens is 3. The molecule has 22 heavy (non-hydrogen) atoms. The van der Waals surface area contributed by atoms with Gasteiger partial charge in [0.1, 0.15) is 0 Å². The summed E-state index contributed by atoms with van der Waals surface area (Å²) in [6.45, 7) is 0.212. The Morgan fingerprint density at radius 1 is 1.41 bits per heavy atom. The van der Waals surface area contributed by atoms with Crippen LogP contribution in [0.4, 0.5) is 0 Å². The Labute approximate surface area is 130 Å². The highest BCUT2D eigenvalue weighted by Crippen LogP contribution is 2.29. The van der Waals surface area contributed by atoms with E-state index in [4.69, 9.17) is 10.8 Å². The summed E-state index contributed by atoms with van der Waals surface area (Å²) >= 11 is 1.17. The van der Waals surface area contributed by atoms with Crippen molar-refractivity contribution in [2.45, 2.75) is 5.22 Å². The maximum Gasteiger partial charge on any atom is 0.277 e. The Hall–Kier alpha value is -2.72. The number of fused-ring (bicyclic) bond motifs is 1. The van der Waals surface area contributed by atoms with Gasteiger partial charge in [0.25, 0.3) is 11.1 Å². The average Bonchev–Trinajstić information content (AvgIpc) is 3.17. The lowest BCUT2D eigenvalue weighted by Gasteiger charge is -1.97. The zero-order chi connectivity index (χ0) is 15.4. The molecule has 0 aliphatic carbocycles. The molecule has 1 amide bonds. The number of benzene rings is 1. The zero-order valence-electron chi connectivity index (χ0n) is 11.5. The molecule has 1 aromatic carbocycles. The van der Waals surface area contributed by atoms with Gasteiger partial charge in [0, 0.05) is 17.1 Å². The monoisotopic (exact) mass is 312 g/mol. The number of H-pyrrole nitrogens is 1. The van der Waals surface area contributed by atoms with Gasteiger partial charge >= 0.3 is 0 Å². The standard InChI is InChI=1S/C15H12N4O2S/c1-2-7-16-13(20)9-22-15-19-18-14(21-15)11-8-17-12-6-4-3-5-10(11)12/h1,3-6,8,17H,7,9H2,(H,16,20). The molecular formula is C15H12N4O2S. The van der Waals surface area contributed by atoms with Crippen LogP contribution in [0.2, 0.25) is 0 Å². The number of para-hydroxylation sites is 1. The Balaban J connectivity index is 1.71. The number of nitrogens with one attached hydrogen (secondary N) is 2. The molecule has 0 spiro atoms. The largest absolute Gasteiger partial charge is 0.411 e. The number of carbonyl (C=O) groups excluding carboxylic acids is 1. The molecule has 0 saturated heterocycles. The molecule has 0 fully saturated rings. The van der Waals surface area contributed by atoms with Gasteiger partial charge in [0.05, 0.1) is 17.9 Å². The summed E-state index contributed by atoms with van der Waals surface area (Å²) in [6.07, 6.45) is 6.90. The zero-order valence-corrected chi connectivity index (χ0v) is 12.3. The Bertz CT molecular complexity index is 846. The van der Waals surface area contributed by atoms with E-state index < -0.39 is 0 Å². The third-order valence-electron chi connectivity index (χ3n) is 2.94. The van der Waals surface area contributed by atoms with E-state index in [1.165, 1.54) is 11.8 Å². The second-order valence-corrected chi connectivity index (χ2v) is 5.32. The van der Waals surface area contributed by atoms with Gasteiger partial charge in [0.2, 0.25) is 5.91 Å². The topological polar surface area (TPSA) is 83.8 Å². The van der Waals surface area contributed by atoms with E-state index in [9.17, 15) is 4.79 Å². The van der Waals surface area contributed by atoms with Crippen LogP contribution in [0.25, 0.3) is 22.4 Å². The summed E-state index contributed by atoms with van der Waals surface area (Å²) in [5, 5.41) is 11.9. The van der Waals surface area contributed by atoms with Crippen molar-refractivity contribution in [3.05, 3.63) is 30.5 Å². The molecule has 0 radical (unpaired) electrons. The van der Waals surface area contributed by atoms with Crippen molar-refractivity contribution in [2.24, 2.45) is 0 Å². The third kappa shape index (κ3) is 2.97. The van der Waals surface area contributed by atoms with Gasteiger partial charge in [-0.2, -0.15) is 0 Å². The van der Waals surface area contributed by atoms with Crippen LogP contribution >= 0.6 is 11.8 Å². The number of amides is 1. The van der Waals surface area contributed by atoms with Gasteiger partial charge in [-0.15, -0.1) is 16.6 Å². The highest BCUT2D eigenvalue weighted by atomic mass is 32.2. The molecule has 2 heterocycles. The van der Waals surface area contributed by atoms with E-state index >= 15 is 0 Å². The SMILES string of the molecule is C#CCNC(=O)CSc1nnc(-c2c[nH]c3ccccc23)o1. The number of terminal acetylenes is 1. The lowest BCUT2D eigenvalue weighted by molar-refractivity contribution is -0.118. The van der Waals surface area contributed by atoms with Crippen molar-refractivity contribution < 1.29 is 9.21 Å². The Kier molecular flexibility index (Phi) is 4.12. The number of nitrogens with zero attached hydrogens (tertiary/aromatic N) is 2. The van der Waals surface area contributed by atoms with Crippen LogP contribution in [-0.4, -0.2) is 33.4 Å². The molecule has 2 N–H and O–H groups in total. The number of rotatable bonds is 5. The fourth-order valence-corrected chi connectivity index (χ4v) is 2.55. The normalized spacial score (nSPS) is 10.5. The number of aromatic amines is 1. The summed E-state index contributed by atoms with van der Waals surface area (Å²) in [5.74, 6) is 2.77. The number of carbonyl (C=O) groups is 1. The first kappa shape index (κ1) is 14.2. The summed E-state index contributed by atoms with van der Waals surface area (Å²) in [4.78, 5) is 14.6. The summed E-state index contributed by atoms with van der Waals surface area (Å²) in [7, 11) is 0. The smallest absolute Gasteiger partial charge is 0.277 e. The maximum absolute atomic E-state index is 11.5. The highest BCUT2D eigenvalue weighted by molar-refractivity contribution is 7.99. The maximum atomic E-state index is 11.5. The molecule has 3 aromatic rings. The Morgan fingerprint density at radius 3 is 3.14 bits per heavy atom. The first-order chi connectivity index (χ1) is 10.8. The predicted molar refractivity (Wildman–Crippen MR) is 84.2 cm³/mol. The minimum Gasteiger partial charge on any atom is -0.411 e. The minimum absolute atomic E-state index is 0.171. The van der Waals surface area contributed by atoms with Gasteiger partial charge in [0.15, 0.2) is 0 Å². The van der Waals surface area contributed by atoms with Gasteiger partial charge in [-0.1, -0.05) is 35.9 Å². The van der Waals surface area contributed by atoms with E-state index in [2.05, 4.69) is 26.4 Å². The van der Waals surface area contributed by atoms with Crippen LogP contribution in [0.1, 0.15) is 0 Å². The van der Waals surface area contributed by atoms with Crippen LogP contribution < -0.4 is 5.32 Å². The van der Waals surface area contributed by atoms with Crippen molar-refractivity contribution in [2.75, 3.05) is 12.3 Å². The number of hydrogen-bond donors (Lipinski definition) is 2. The molecule has 0 aliphatic heterocycles. The second-order valence-electron chi connectivity index (χ2n) is 4.39. The van der Waals surface area contributed by atoms with Gasteiger partial charge in [-0.25, -0.2) is 0 Å². The van der Waals surface area contributed by atoms with Crippen molar-refractivity contribution in [1.82, 2.24) is 20.5 Å². The lowest BCUT2D eigenvalue weighted by Crippen LogP contribution is -2.25. The molecule has 110 valence electrons. The first-order valence-corrected chi connectivity index (χ1v) is 7.49. The van der Waals surface area contributed by atoms with Crippen LogP contribution in [-0.2, 0) is 4.79 Å². The van der Waals surface area contributed by atoms with Gasteiger partial charge in [-0.05, 0) is 6.07 Å². The Morgan fingerprint density at radius 2 is 2.27 bits per heavy atom. The first-order valence-electron chi connectivity index (χ1n) is 6.51. The minimum atomic E-state index is -0.171. The molecule has 0 atom stereocenters. The molecule has 7 heteroatoms. The van der Waals surface area contributed by atoms with E-state index in [0.717, 1.165) is 16.5 Å². The molecule has 6 nitrogen and oxygen atoms in total. The van der Waals surface area contributed by atoms with E-state index in [1.807, 2.05) is 30.5 Å². The molecule has 2 aromatic heterocycles. The fraction of sp³-hybridized carbons (Fsp3) is 0.133. The van der Waals surface area contributed by atoms with Crippen LogP contribution in [0.15, 0.2) is 40.1 Å². The quantitative estimate of drug-likeness (QED) is 0.556. The molecular weight excluding hydrogens is 300 g/mol. The van der Waals surface area contributed by atoms with Gasteiger partial charge < -0.3 is 14.7 Å². The highest BCUT2D eigenvalue weighted by Gasteiger charge is 2.14.